The lowest BCUT2D eigenvalue weighted by Gasteiger charge is -2.29. The minimum absolute atomic E-state index is 0.0563. The molecule has 1 aliphatic carbocycles. The molecule has 118 valence electrons. The molecule has 1 saturated carbocycles. The third-order valence-electron chi connectivity index (χ3n) is 3.92. The van der Waals surface area contributed by atoms with Gasteiger partial charge in [0.05, 0.1) is 12.3 Å². The minimum atomic E-state index is -0.0563. The lowest BCUT2D eigenvalue weighted by Crippen LogP contribution is -2.23. The van der Waals surface area contributed by atoms with Crippen LogP contribution in [0.1, 0.15) is 56.7 Å². The van der Waals surface area contributed by atoms with Gasteiger partial charge in [-0.15, -0.1) is 0 Å². The van der Waals surface area contributed by atoms with Crippen LogP contribution in [-0.2, 0) is 16.1 Å². The Morgan fingerprint density at radius 1 is 1.33 bits per heavy atom. The van der Waals surface area contributed by atoms with Crippen molar-refractivity contribution < 1.29 is 9.47 Å². The molecule has 0 spiro atoms. The van der Waals surface area contributed by atoms with Crippen molar-refractivity contribution in [3.05, 3.63) is 17.6 Å². The van der Waals surface area contributed by atoms with E-state index >= 15 is 0 Å². The number of nitrogens with zero attached hydrogens (tertiary/aromatic N) is 2. The molecule has 6 nitrogen and oxygen atoms in total. The second-order valence-corrected chi connectivity index (χ2v) is 5.45. The second kappa shape index (κ2) is 8.26. The van der Waals surface area contributed by atoms with Crippen LogP contribution in [0.25, 0.3) is 0 Å². The number of rotatable bonds is 7. The number of hydrazine groups is 1. The summed E-state index contributed by atoms with van der Waals surface area (Å²) in [4.78, 5) is 9.11. The minimum Gasteiger partial charge on any atom is -0.378 e. The number of ether oxygens (including phenoxy) is 2. The molecule has 0 bridgehead atoms. The van der Waals surface area contributed by atoms with E-state index in [1.807, 2.05) is 6.92 Å². The van der Waals surface area contributed by atoms with Crippen molar-refractivity contribution in [1.82, 2.24) is 9.97 Å². The first kappa shape index (κ1) is 16.1. The molecule has 0 radical (unpaired) electrons. The zero-order chi connectivity index (χ0) is 15.1. The van der Waals surface area contributed by atoms with Crippen molar-refractivity contribution in [2.45, 2.75) is 51.7 Å². The van der Waals surface area contributed by atoms with E-state index in [1.165, 1.54) is 32.1 Å². The fraction of sp³-hybridized carbons (Fsp3) is 0.733. The average molecular weight is 294 g/mol. The summed E-state index contributed by atoms with van der Waals surface area (Å²) in [6.07, 6.45) is 6.12. The molecule has 1 aromatic rings. The first-order valence-electron chi connectivity index (χ1n) is 7.73. The van der Waals surface area contributed by atoms with Crippen LogP contribution in [-0.4, -0.2) is 23.7 Å². The van der Waals surface area contributed by atoms with Gasteiger partial charge >= 0.3 is 0 Å². The van der Waals surface area contributed by atoms with E-state index in [-0.39, 0.29) is 6.10 Å². The molecule has 21 heavy (non-hydrogen) atoms. The fourth-order valence-electron chi connectivity index (χ4n) is 2.98. The lowest BCUT2D eigenvalue weighted by molar-refractivity contribution is -0.000434. The van der Waals surface area contributed by atoms with Crippen LogP contribution in [0.4, 0.5) is 5.82 Å². The number of anilines is 1. The molecule has 1 fully saturated rings. The second-order valence-electron chi connectivity index (χ2n) is 5.45. The molecule has 0 aliphatic heterocycles. The molecule has 1 aromatic heterocycles. The van der Waals surface area contributed by atoms with E-state index in [1.54, 1.807) is 13.2 Å². The highest BCUT2D eigenvalue weighted by Gasteiger charge is 2.28. The van der Waals surface area contributed by atoms with E-state index in [0.717, 1.165) is 5.69 Å². The van der Waals surface area contributed by atoms with Crippen LogP contribution >= 0.6 is 0 Å². The third kappa shape index (κ3) is 4.36. The third-order valence-corrected chi connectivity index (χ3v) is 3.92. The molecule has 0 amide bonds. The van der Waals surface area contributed by atoms with Crippen LogP contribution in [0.15, 0.2) is 6.07 Å². The molecular weight excluding hydrogens is 268 g/mol. The summed E-state index contributed by atoms with van der Waals surface area (Å²) in [6.45, 7) is 3.11. The highest BCUT2D eigenvalue weighted by atomic mass is 16.5. The van der Waals surface area contributed by atoms with E-state index in [9.17, 15) is 0 Å². The zero-order valence-corrected chi connectivity index (χ0v) is 13.0. The Bertz CT molecular complexity index is 436. The summed E-state index contributed by atoms with van der Waals surface area (Å²) in [7, 11) is 1.65. The van der Waals surface area contributed by atoms with Gasteiger partial charge < -0.3 is 14.9 Å². The number of methoxy groups -OCH3 is 1. The average Bonchev–Trinajstić information content (AvgIpc) is 2.53. The van der Waals surface area contributed by atoms with Gasteiger partial charge in [0.2, 0.25) is 0 Å². The smallest absolute Gasteiger partial charge is 0.160 e. The maximum atomic E-state index is 5.97. The molecule has 0 saturated heterocycles. The summed E-state index contributed by atoms with van der Waals surface area (Å²) < 4.78 is 11.1. The van der Waals surface area contributed by atoms with Gasteiger partial charge in [0.1, 0.15) is 11.9 Å². The number of hydrogen-bond donors (Lipinski definition) is 2. The van der Waals surface area contributed by atoms with E-state index in [0.29, 0.717) is 30.8 Å². The van der Waals surface area contributed by atoms with Crippen molar-refractivity contribution in [1.29, 1.82) is 0 Å². The Morgan fingerprint density at radius 2 is 2.10 bits per heavy atom. The van der Waals surface area contributed by atoms with Crippen LogP contribution in [0.3, 0.4) is 0 Å². The molecule has 6 heteroatoms. The van der Waals surface area contributed by atoms with Gasteiger partial charge in [0, 0.05) is 19.8 Å². The monoisotopic (exact) mass is 294 g/mol. The Morgan fingerprint density at radius 3 is 2.71 bits per heavy atom. The van der Waals surface area contributed by atoms with E-state index < -0.39 is 0 Å². The van der Waals surface area contributed by atoms with Gasteiger partial charge in [-0.25, -0.2) is 15.8 Å². The van der Waals surface area contributed by atoms with Gasteiger partial charge in [-0.2, -0.15) is 0 Å². The zero-order valence-electron chi connectivity index (χ0n) is 13.0. The summed E-state index contributed by atoms with van der Waals surface area (Å²) in [5.41, 5.74) is 3.42. The largest absolute Gasteiger partial charge is 0.378 e. The van der Waals surface area contributed by atoms with Crippen LogP contribution in [0.2, 0.25) is 0 Å². The van der Waals surface area contributed by atoms with Crippen molar-refractivity contribution in [2.24, 2.45) is 11.8 Å². The normalized spacial score (nSPS) is 17.7. The number of hydrogen-bond acceptors (Lipinski definition) is 6. The van der Waals surface area contributed by atoms with E-state index in [4.69, 9.17) is 15.3 Å². The van der Waals surface area contributed by atoms with Crippen LogP contribution in [0, 0.1) is 5.92 Å². The Balaban J connectivity index is 2.26. The molecule has 0 aromatic carbocycles. The van der Waals surface area contributed by atoms with Gasteiger partial charge in [-0.3, -0.25) is 0 Å². The number of nitrogen functional groups attached to an aromatic ring is 1. The van der Waals surface area contributed by atoms with Crippen LogP contribution < -0.4 is 11.3 Å². The number of nitrogens with two attached hydrogens (primary N) is 1. The van der Waals surface area contributed by atoms with Crippen molar-refractivity contribution in [2.75, 3.05) is 19.1 Å². The van der Waals surface area contributed by atoms with E-state index in [2.05, 4.69) is 15.4 Å². The first-order valence-corrected chi connectivity index (χ1v) is 7.73. The number of aromatic nitrogens is 2. The Hall–Kier alpha value is -1.24. The van der Waals surface area contributed by atoms with Crippen molar-refractivity contribution in [3.8, 4) is 0 Å². The SMILES string of the molecule is CCOC(c1nc(COC)cc(NN)n1)C1CCCCC1. The van der Waals surface area contributed by atoms with Crippen molar-refractivity contribution >= 4 is 5.82 Å². The summed E-state index contributed by atoms with van der Waals surface area (Å²) >= 11 is 0. The molecule has 1 unspecified atom stereocenters. The summed E-state index contributed by atoms with van der Waals surface area (Å²) in [6, 6.07) is 1.80. The predicted molar refractivity (Wildman–Crippen MR) is 81.5 cm³/mol. The summed E-state index contributed by atoms with van der Waals surface area (Å²) in [5, 5.41) is 0. The highest BCUT2D eigenvalue weighted by molar-refractivity contribution is 5.34. The molecule has 1 aliphatic rings. The highest BCUT2D eigenvalue weighted by Crippen LogP contribution is 2.36. The van der Waals surface area contributed by atoms with Gasteiger partial charge in [-0.05, 0) is 25.7 Å². The maximum Gasteiger partial charge on any atom is 0.160 e. The Kier molecular flexibility index (Phi) is 6.35. The van der Waals surface area contributed by atoms with Gasteiger partial charge in [-0.1, -0.05) is 19.3 Å². The predicted octanol–water partition coefficient (Wildman–Crippen LogP) is 2.57. The van der Waals surface area contributed by atoms with Crippen LogP contribution in [0.5, 0.6) is 0 Å². The Labute approximate surface area is 126 Å². The van der Waals surface area contributed by atoms with Gasteiger partial charge in [0.15, 0.2) is 5.82 Å². The molecule has 1 atom stereocenters. The standard InChI is InChI=1S/C15H26N4O2/c1-3-21-14(11-7-5-4-6-8-11)15-17-12(10-20-2)9-13(18-15)19-16/h9,11,14H,3-8,10,16H2,1-2H3,(H,17,18,19). The quantitative estimate of drug-likeness (QED) is 0.594. The maximum absolute atomic E-state index is 5.97. The molecule has 2 rings (SSSR count). The van der Waals surface area contributed by atoms with Crippen molar-refractivity contribution in [3.63, 3.8) is 0 Å². The fourth-order valence-corrected chi connectivity index (χ4v) is 2.98. The molecule has 3 N–H and O–H groups in total. The summed E-state index contributed by atoms with van der Waals surface area (Å²) in [5.74, 6) is 7.32. The topological polar surface area (TPSA) is 82.3 Å². The molecular formula is C15H26N4O2. The van der Waals surface area contributed by atoms with Gasteiger partial charge in [0.25, 0.3) is 0 Å². The first-order chi connectivity index (χ1) is 10.3. The lowest BCUT2D eigenvalue weighted by atomic mass is 9.85. The molecule has 1 heterocycles. The number of nitrogens with one attached hydrogen (secondary N) is 1.